The van der Waals surface area contributed by atoms with Crippen molar-refractivity contribution in [2.45, 2.75) is 13.3 Å². The van der Waals surface area contributed by atoms with Crippen molar-refractivity contribution in [1.29, 1.82) is 0 Å². The lowest BCUT2D eigenvalue weighted by Crippen LogP contribution is -2.16. The molecule has 0 aliphatic carbocycles. The van der Waals surface area contributed by atoms with Crippen molar-refractivity contribution in [3.05, 3.63) is 78.9 Å². The van der Waals surface area contributed by atoms with Crippen LogP contribution >= 0.6 is 0 Å². The second-order valence-corrected chi connectivity index (χ2v) is 6.43. The van der Waals surface area contributed by atoms with E-state index in [0.29, 0.717) is 30.1 Å². The molecule has 29 heavy (non-hydrogen) atoms. The van der Waals surface area contributed by atoms with Gasteiger partial charge in [-0.25, -0.2) is 0 Å². The van der Waals surface area contributed by atoms with Gasteiger partial charge < -0.3 is 20.7 Å². The minimum Gasteiger partial charge on any atom is -0.457 e. The number of carbonyl (C=O) groups is 2. The lowest BCUT2D eigenvalue weighted by Gasteiger charge is -2.10. The van der Waals surface area contributed by atoms with Crippen molar-refractivity contribution in [3.63, 3.8) is 0 Å². The lowest BCUT2D eigenvalue weighted by molar-refractivity contribution is -0.116. The number of nitrogens with one attached hydrogen (secondary N) is 3. The van der Waals surface area contributed by atoms with Gasteiger partial charge in [-0.1, -0.05) is 24.3 Å². The van der Waals surface area contributed by atoms with Crippen LogP contribution in [0.3, 0.4) is 0 Å². The van der Waals surface area contributed by atoms with Crippen LogP contribution in [0.4, 0.5) is 17.1 Å². The molecule has 3 aromatic carbocycles. The summed E-state index contributed by atoms with van der Waals surface area (Å²) in [6, 6.07) is 24.1. The predicted octanol–water partition coefficient (Wildman–Crippen LogP) is 4.88. The van der Waals surface area contributed by atoms with Crippen molar-refractivity contribution in [1.82, 2.24) is 0 Å². The van der Waals surface area contributed by atoms with E-state index in [4.69, 9.17) is 4.74 Å². The maximum atomic E-state index is 12.2. The molecule has 3 N–H and O–H groups in total. The number of amides is 2. The minimum atomic E-state index is -0.123. The van der Waals surface area contributed by atoms with E-state index in [1.807, 2.05) is 66.7 Å². The molecule has 0 aliphatic rings. The molecule has 0 aliphatic heterocycles. The number of rotatable bonds is 8. The Labute approximate surface area is 169 Å². The highest BCUT2D eigenvalue weighted by atomic mass is 16.5. The quantitative estimate of drug-likeness (QED) is 0.513. The largest absolute Gasteiger partial charge is 0.457 e. The number of benzene rings is 3. The van der Waals surface area contributed by atoms with Crippen LogP contribution in [0.15, 0.2) is 78.9 Å². The van der Waals surface area contributed by atoms with E-state index in [0.717, 1.165) is 11.4 Å². The first-order valence-electron chi connectivity index (χ1n) is 9.33. The van der Waals surface area contributed by atoms with Crippen LogP contribution in [-0.2, 0) is 9.59 Å². The zero-order valence-electron chi connectivity index (χ0n) is 16.1. The average molecular weight is 389 g/mol. The summed E-state index contributed by atoms with van der Waals surface area (Å²) in [5.74, 6) is 1.25. The Morgan fingerprint density at radius 1 is 0.759 bits per heavy atom. The Balaban J connectivity index is 1.44. The molecule has 0 saturated heterocycles. The molecule has 2 amide bonds. The molecular weight excluding hydrogens is 366 g/mol. The second kappa shape index (κ2) is 9.94. The Bertz CT molecular complexity index is 957. The van der Waals surface area contributed by atoms with Gasteiger partial charge in [0.15, 0.2) is 0 Å². The zero-order valence-corrected chi connectivity index (χ0v) is 16.1. The maximum absolute atomic E-state index is 12.2. The zero-order chi connectivity index (χ0) is 20.5. The van der Waals surface area contributed by atoms with Gasteiger partial charge in [0, 0.05) is 37.0 Å². The molecule has 0 atom stereocenters. The van der Waals surface area contributed by atoms with Gasteiger partial charge in [-0.2, -0.15) is 0 Å². The average Bonchev–Trinajstić information content (AvgIpc) is 2.70. The molecule has 3 aromatic rings. The van der Waals surface area contributed by atoms with Crippen LogP contribution in [0.2, 0.25) is 0 Å². The van der Waals surface area contributed by atoms with E-state index in [1.165, 1.54) is 6.92 Å². The molecular formula is C23H23N3O3. The molecule has 0 fully saturated rings. The summed E-state index contributed by atoms with van der Waals surface area (Å²) in [4.78, 5) is 23.3. The SMILES string of the molecule is CC(=O)Nc1cccc(NCCC(=O)Nc2ccc(Oc3ccccc3)cc2)c1. The van der Waals surface area contributed by atoms with E-state index in [-0.39, 0.29) is 11.8 Å². The molecule has 0 spiro atoms. The molecule has 148 valence electrons. The monoisotopic (exact) mass is 389 g/mol. The van der Waals surface area contributed by atoms with Crippen LogP contribution in [0.1, 0.15) is 13.3 Å². The van der Waals surface area contributed by atoms with Gasteiger partial charge in [0.2, 0.25) is 11.8 Å². The van der Waals surface area contributed by atoms with Crippen LogP contribution in [0, 0.1) is 0 Å². The number of carbonyl (C=O) groups excluding carboxylic acids is 2. The third-order valence-electron chi connectivity index (χ3n) is 3.98. The molecule has 0 heterocycles. The third-order valence-corrected chi connectivity index (χ3v) is 3.98. The van der Waals surface area contributed by atoms with Gasteiger partial charge in [-0.15, -0.1) is 0 Å². The standard InChI is InChI=1S/C23H23N3O3/c1-17(27)25-20-7-5-6-19(16-20)24-15-14-23(28)26-18-10-12-22(13-11-18)29-21-8-3-2-4-9-21/h2-13,16,24H,14-15H2,1H3,(H,25,27)(H,26,28). The lowest BCUT2D eigenvalue weighted by atomic mass is 10.2. The van der Waals surface area contributed by atoms with Crippen molar-refractivity contribution >= 4 is 28.9 Å². The van der Waals surface area contributed by atoms with Crippen molar-refractivity contribution in [2.24, 2.45) is 0 Å². The summed E-state index contributed by atoms with van der Waals surface area (Å²) in [7, 11) is 0. The highest BCUT2D eigenvalue weighted by Gasteiger charge is 2.04. The predicted molar refractivity (Wildman–Crippen MR) is 115 cm³/mol. The van der Waals surface area contributed by atoms with E-state index < -0.39 is 0 Å². The number of hydrogen-bond acceptors (Lipinski definition) is 4. The summed E-state index contributed by atoms with van der Waals surface area (Å²) in [5.41, 5.74) is 2.26. The topological polar surface area (TPSA) is 79.5 Å². The molecule has 0 radical (unpaired) electrons. The first-order chi connectivity index (χ1) is 14.1. The van der Waals surface area contributed by atoms with E-state index in [2.05, 4.69) is 16.0 Å². The van der Waals surface area contributed by atoms with Gasteiger partial charge >= 0.3 is 0 Å². The summed E-state index contributed by atoms with van der Waals surface area (Å²) in [5, 5.41) is 8.77. The van der Waals surface area contributed by atoms with E-state index in [9.17, 15) is 9.59 Å². The number of para-hydroxylation sites is 1. The Morgan fingerprint density at radius 3 is 2.17 bits per heavy atom. The van der Waals surface area contributed by atoms with Crippen molar-refractivity contribution in [3.8, 4) is 11.5 Å². The Kier molecular flexibility index (Phi) is 6.84. The van der Waals surface area contributed by atoms with Crippen molar-refractivity contribution in [2.75, 3.05) is 22.5 Å². The molecule has 0 unspecified atom stereocenters. The first kappa shape index (κ1) is 19.9. The smallest absolute Gasteiger partial charge is 0.226 e. The first-order valence-corrected chi connectivity index (χ1v) is 9.33. The molecule has 0 bridgehead atoms. The van der Waals surface area contributed by atoms with Gasteiger partial charge in [0.1, 0.15) is 11.5 Å². The summed E-state index contributed by atoms with van der Waals surface area (Å²) in [6.07, 6.45) is 0.312. The van der Waals surface area contributed by atoms with Crippen LogP contribution < -0.4 is 20.7 Å². The highest BCUT2D eigenvalue weighted by Crippen LogP contribution is 2.22. The maximum Gasteiger partial charge on any atom is 0.226 e. The molecule has 0 aromatic heterocycles. The van der Waals surface area contributed by atoms with Gasteiger partial charge in [0.05, 0.1) is 0 Å². The number of hydrogen-bond donors (Lipinski definition) is 3. The molecule has 6 heteroatoms. The normalized spacial score (nSPS) is 10.1. The van der Waals surface area contributed by atoms with E-state index in [1.54, 1.807) is 12.1 Å². The fourth-order valence-electron chi connectivity index (χ4n) is 2.68. The minimum absolute atomic E-state index is 0.0905. The molecule has 3 rings (SSSR count). The van der Waals surface area contributed by atoms with Gasteiger partial charge in [0.25, 0.3) is 0 Å². The van der Waals surface area contributed by atoms with Crippen LogP contribution in [0.5, 0.6) is 11.5 Å². The molecule has 0 saturated carbocycles. The summed E-state index contributed by atoms with van der Waals surface area (Å²) >= 11 is 0. The van der Waals surface area contributed by atoms with Crippen molar-refractivity contribution < 1.29 is 14.3 Å². The highest BCUT2D eigenvalue weighted by molar-refractivity contribution is 5.91. The van der Waals surface area contributed by atoms with Crippen LogP contribution in [-0.4, -0.2) is 18.4 Å². The van der Waals surface area contributed by atoms with E-state index >= 15 is 0 Å². The second-order valence-electron chi connectivity index (χ2n) is 6.43. The van der Waals surface area contributed by atoms with Crippen LogP contribution in [0.25, 0.3) is 0 Å². The van der Waals surface area contributed by atoms with Gasteiger partial charge in [-0.3, -0.25) is 9.59 Å². The molecule has 6 nitrogen and oxygen atoms in total. The summed E-state index contributed by atoms with van der Waals surface area (Å²) < 4.78 is 5.74. The van der Waals surface area contributed by atoms with Gasteiger partial charge in [-0.05, 0) is 54.6 Å². The number of anilines is 3. The third kappa shape index (κ3) is 6.70. The Morgan fingerprint density at radius 2 is 1.45 bits per heavy atom. The Hall–Kier alpha value is -3.80. The fourth-order valence-corrected chi connectivity index (χ4v) is 2.68. The number of ether oxygens (including phenoxy) is 1. The summed E-state index contributed by atoms with van der Waals surface area (Å²) in [6.45, 7) is 1.94. The fraction of sp³-hybridized carbons (Fsp3) is 0.130.